The Labute approximate surface area is 125 Å². The van der Waals surface area contributed by atoms with Crippen LogP contribution < -0.4 is 4.31 Å². The van der Waals surface area contributed by atoms with Crippen molar-refractivity contribution in [3.05, 3.63) is 65.2 Å². The van der Waals surface area contributed by atoms with Gasteiger partial charge in [0.15, 0.2) is 0 Å². The molecule has 3 rings (SSSR count). The summed E-state index contributed by atoms with van der Waals surface area (Å²) in [5, 5.41) is 0. The van der Waals surface area contributed by atoms with Crippen LogP contribution in [-0.2, 0) is 10.0 Å². The van der Waals surface area contributed by atoms with E-state index in [1.54, 1.807) is 12.1 Å². The Morgan fingerprint density at radius 3 is 2.43 bits per heavy atom. The van der Waals surface area contributed by atoms with Gasteiger partial charge in [-0.1, -0.05) is 48.0 Å². The van der Waals surface area contributed by atoms with Gasteiger partial charge in [0.05, 0.1) is 17.1 Å². The predicted octanol–water partition coefficient (Wildman–Crippen LogP) is 3.53. The van der Waals surface area contributed by atoms with Crippen molar-refractivity contribution in [3.63, 3.8) is 0 Å². The lowest BCUT2D eigenvalue weighted by molar-refractivity contribution is 0.592. The van der Waals surface area contributed by atoms with Crippen LogP contribution in [0.3, 0.4) is 0 Å². The Balaban J connectivity index is 2.14. The van der Waals surface area contributed by atoms with E-state index in [9.17, 15) is 8.42 Å². The number of aryl methyl sites for hydroxylation is 2. The van der Waals surface area contributed by atoms with Gasteiger partial charge in [0.25, 0.3) is 10.0 Å². The number of hydrogen-bond donors (Lipinski definition) is 0. The number of benzene rings is 2. The molecule has 108 valence electrons. The Bertz CT molecular complexity index is 805. The van der Waals surface area contributed by atoms with Gasteiger partial charge in [-0.2, -0.15) is 0 Å². The summed E-state index contributed by atoms with van der Waals surface area (Å²) in [5.41, 5.74) is 3.73. The monoisotopic (exact) mass is 299 g/mol. The first-order valence-corrected chi connectivity index (χ1v) is 8.30. The zero-order chi connectivity index (χ0) is 15.0. The number of nitrogens with zero attached hydrogens (tertiary/aromatic N) is 1. The third-order valence-corrected chi connectivity index (χ3v) is 5.48. The largest absolute Gasteiger partial charge is 0.264 e. The lowest BCUT2D eigenvalue weighted by Crippen LogP contribution is -2.33. The van der Waals surface area contributed by atoms with Crippen LogP contribution in [0.15, 0.2) is 53.4 Å². The average Bonchev–Trinajstić information content (AvgIpc) is 2.47. The highest BCUT2D eigenvalue weighted by atomic mass is 32.2. The van der Waals surface area contributed by atoms with Crippen molar-refractivity contribution in [1.82, 2.24) is 0 Å². The topological polar surface area (TPSA) is 37.4 Å². The molecule has 0 aliphatic carbocycles. The zero-order valence-corrected chi connectivity index (χ0v) is 12.9. The molecule has 2 aromatic carbocycles. The second-order valence-corrected chi connectivity index (χ2v) is 7.13. The van der Waals surface area contributed by atoms with Crippen molar-refractivity contribution in [2.75, 3.05) is 10.8 Å². The van der Waals surface area contributed by atoms with E-state index in [4.69, 9.17) is 0 Å². The van der Waals surface area contributed by atoms with Gasteiger partial charge in [0.1, 0.15) is 0 Å². The van der Waals surface area contributed by atoms with Crippen LogP contribution in [0.2, 0.25) is 0 Å². The molecule has 1 aliphatic heterocycles. The summed E-state index contributed by atoms with van der Waals surface area (Å²) >= 11 is 0. The summed E-state index contributed by atoms with van der Waals surface area (Å²) in [4.78, 5) is 0.331. The normalized spacial score (nSPS) is 14.1. The van der Waals surface area contributed by atoms with Crippen molar-refractivity contribution >= 4 is 21.8 Å². The first-order chi connectivity index (χ1) is 10.00. The zero-order valence-electron chi connectivity index (χ0n) is 12.1. The van der Waals surface area contributed by atoms with Gasteiger partial charge >= 0.3 is 0 Å². The van der Waals surface area contributed by atoms with Crippen LogP contribution in [0.1, 0.15) is 16.7 Å². The van der Waals surface area contributed by atoms with Gasteiger partial charge in [-0.25, -0.2) is 8.42 Å². The highest BCUT2D eigenvalue weighted by Gasteiger charge is 2.28. The second kappa shape index (κ2) is 5.04. The Hall–Kier alpha value is -2.07. The molecule has 1 aliphatic rings. The first-order valence-electron chi connectivity index (χ1n) is 6.86. The minimum Gasteiger partial charge on any atom is -0.262 e. The average molecular weight is 299 g/mol. The minimum absolute atomic E-state index is 0.331. The molecule has 4 heteroatoms. The fraction of sp³-hybridized carbons (Fsp3) is 0.176. The number of para-hydroxylation sites is 1. The number of rotatable bonds is 2. The predicted molar refractivity (Wildman–Crippen MR) is 85.9 cm³/mol. The quantitative estimate of drug-likeness (QED) is 0.851. The number of anilines is 1. The van der Waals surface area contributed by atoms with Crippen LogP contribution in [-0.4, -0.2) is 15.0 Å². The fourth-order valence-electron chi connectivity index (χ4n) is 2.58. The molecule has 3 nitrogen and oxygen atoms in total. The summed E-state index contributed by atoms with van der Waals surface area (Å²) in [5.74, 6) is 0. The summed E-state index contributed by atoms with van der Waals surface area (Å²) < 4.78 is 27.3. The second-order valence-electron chi connectivity index (χ2n) is 5.26. The molecule has 0 spiro atoms. The fourth-order valence-corrected chi connectivity index (χ4v) is 4.09. The van der Waals surface area contributed by atoms with Crippen molar-refractivity contribution in [2.45, 2.75) is 18.7 Å². The molecule has 0 aromatic heterocycles. The highest BCUT2D eigenvalue weighted by Crippen LogP contribution is 2.33. The molecule has 0 N–H and O–H groups in total. The van der Waals surface area contributed by atoms with Gasteiger partial charge < -0.3 is 0 Å². The lowest BCUT2D eigenvalue weighted by Gasteiger charge is -2.29. The molecule has 21 heavy (non-hydrogen) atoms. The van der Waals surface area contributed by atoms with E-state index in [0.717, 1.165) is 22.4 Å². The molecule has 0 saturated heterocycles. The molecule has 1 heterocycles. The highest BCUT2D eigenvalue weighted by molar-refractivity contribution is 7.92. The third kappa shape index (κ3) is 2.36. The first kappa shape index (κ1) is 13.9. The van der Waals surface area contributed by atoms with Crippen molar-refractivity contribution in [3.8, 4) is 0 Å². The van der Waals surface area contributed by atoms with E-state index in [1.807, 2.05) is 56.3 Å². The number of sulfonamides is 1. The SMILES string of the molecule is Cc1ccc(S(=O)(=O)N2CC=Cc3cccc(C)c32)cc1. The van der Waals surface area contributed by atoms with Gasteiger partial charge in [0, 0.05) is 0 Å². The summed E-state index contributed by atoms with van der Waals surface area (Å²) in [6.07, 6.45) is 3.86. The molecule has 2 aromatic rings. The molecule has 0 fully saturated rings. The maximum Gasteiger partial charge on any atom is 0.264 e. The summed E-state index contributed by atoms with van der Waals surface area (Å²) in [6, 6.07) is 12.8. The van der Waals surface area contributed by atoms with Gasteiger partial charge in [0.2, 0.25) is 0 Å². The Kier molecular flexibility index (Phi) is 3.33. The van der Waals surface area contributed by atoms with E-state index >= 15 is 0 Å². The van der Waals surface area contributed by atoms with Crippen molar-refractivity contribution in [1.29, 1.82) is 0 Å². The number of fused-ring (bicyclic) bond motifs is 1. The molecule has 0 atom stereocenters. The van der Waals surface area contributed by atoms with Crippen LogP contribution >= 0.6 is 0 Å². The maximum absolute atomic E-state index is 12.9. The summed E-state index contributed by atoms with van der Waals surface area (Å²) in [6.45, 7) is 4.25. The molecule has 0 saturated carbocycles. The van der Waals surface area contributed by atoms with E-state index in [1.165, 1.54) is 4.31 Å². The van der Waals surface area contributed by atoms with Crippen LogP contribution in [0.25, 0.3) is 6.08 Å². The van der Waals surface area contributed by atoms with E-state index in [2.05, 4.69) is 0 Å². The van der Waals surface area contributed by atoms with Crippen LogP contribution in [0.5, 0.6) is 0 Å². The Morgan fingerprint density at radius 2 is 1.71 bits per heavy atom. The molecular weight excluding hydrogens is 282 g/mol. The van der Waals surface area contributed by atoms with E-state index in [-0.39, 0.29) is 0 Å². The Morgan fingerprint density at radius 1 is 1.00 bits per heavy atom. The molecule has 0 amide bonds. The van der Waals surface area contributed by atoms with Gasteiger partial charge in [-0.15, -0.1) is 0 Å². The molecular formula is C17H17NO2S. The number of hydrogen-bond acceptors (Lipinski definition) is 2. The molecule has 0 radical (unpaired) electrons. The third-order valence-electron chi connectivity index (χ3n) is 3.70. The van der Waals surface area contributed by atoms with Gasteiger partial charge in [-0.05, 0) is 37.1 Å². The van der Waals surface area contributed by atoms with E-state index in [0.29, 0.717) is 11.4 Å². The van der Waals surface area contributed by atoms with Gasteiger partial charge in [-0.3, -0.25) is 4.31 Å². The standard InChI is InChI=1S/C17H17NO2S/c1-13-8-10-16(11-9-13)21(19,20)18-12-4-7-15-6-3-5-14(2)17(15)18/h3-11H,12H2,1-2H3. The van der Waals surface area contributed by atoms with Crippen molar-refractivity contribution in [2.24, 2.45) is 0 Å². The molecule has 0 unspecified atom stereocenters. The minimum atomic E-state index is -3.53. The smallest absolute Gasteiger partial charge is 0.262 e. The summed E-state index contributed by atoms with van der Waals surface area (Å²) in [7, 11) is -3.53. The van der Waals surface area contributed by atoms with Crippen molar-refractivity contribution < 1.29 is 8.42 Å². The molecule has 0 bridgehead atoms. The maximum atomic E-state index is 12.9. The van der Waals surface area contributed by atoms with E-state index < -0.39 is 10.0 Å². The van der Waals surface area contributed by atoms with Crippen LogP contribution in [0.4, 0.5) is 5.69 Å². The lowest BCUT2D eigenvalue weighted by atomic mass is 10.1. The van der Waals surface area contributed by atoms with Crippen LogP contribution in [0, 0.1) is 13.8 Å².